The first kappa shape index (κ1) is 16.2. The van der Waals surface area contributed by atoms with Crippen LogP contribution in [0.1, 0.15) is 43.0 Å². The summed E-state index contributed by atoms with van der Waals surface area (Å²) in [6, 6.07) is 2.11. The van der Waals surface area contributed by atoms with Gasteiger partial charge in [-0.2, -0.15) is 4.98 Å². The minimum atomic E-state index is 0.108. The van der Waals surface area contributed by atoms with Crippen LogP contribution in [0, 0.1) is 6.92 Å². The Morgan fingerprint density at radius 1 is 1.24 bits per heavy atom. The molecule has 1 aliphatic heterocycles. The third-order valence-corrected chi connectivity index (χ3v) is 4.71. The van der Waals surface area contributed by atoms with Crippen LogP contribution in [0.4, 0.5) is 0 Å². The predicted molar refractivity (Wildman–Crippen MR) is 92.2 cm³/mol. The van der Waals surface area contributed by atoms with E-state index in [2.05, 4.69) is 51.4 Å². The van der Waals surface area contributed by atoms with Gasteiger partial charge in [0.05, 0.1) is 22.7 Å². The molecule has 1 fully saturated rings. The number of fused-ring (bicyclic) bond motifs is 1. The molecule has 4 heterocycles. The Morgan fingerprint density at radius 3 is 2.84 bits per heavy atom. The fourth-order valence-electron chi connectivity index (χ4n) is 3.15. The second-order valence-electron chi connectivity index (χ2n) is 6.86. The molecule has 25 heavy (non-hydrogen) atoms. The van der Waals surface area contributed by atoms with Crippen LogP contribution in [0.25, 0.3) is 22.6 Å². The van der Waals surface area contributed by atoms with Crippen LogP contribution in [0.15, 0.2) is 15.1 Å². The van der Waals surface area contributed by atoms with Gasteiger partial charge in [-0.15, -0.1) is 0 Å². The molecule has 132 valence electrons. The minimum Gasteiger partial charge on any atom is -0.336 e. The lowest BCUT2D eigenvalue weighted by Gasteiger charge is -2.30. The molecule has 3 aromatic heterocycles. The molecule has 8 heteroatoms. The normalized spacial score (nSPS) is 19.2. The van der Waals surface area contributed by atoms with E-state index in [1.165, 1.54) is 0 Å². The van der Waals surface area contributed by atoms with Gasteiger partial charge in [-0.25, -0.2) is 4.98 Å². The predicted octanol–water partition coefficient (Wildman–Crippen LogP) is 2.28. The van der Waals surface area contributed by atoms with Gasteiger partial charge in [-0.05, 0) is 26.0 Å². The number of rotatable bonds is 3. The van der Waals surface area contributed by atoms with Crippen molar-refractivity contribution in [2.24, 2.45) is 0 Å². The largest absolute Gasteiger partial charge is 0.336 e. The molecule has 0 saturated carbocycles. The van der Waals surface area contributed by atoms with Crippen molar-refractivity contribution in [3.63, 3.8) is 0 Å². The Hall–Kier alpha value is -2.32. The van der Waals surface area contributed by atoms with Gasteiger partial charge in [-0.3, -0.25) is 4.90 Å². The lowest BCUT2D eigenvalue weighted by Crippen LogP contribution is -2.44. The van der Waals surface area contributed by atoms with E-state index in [0.29, 0.717) is 17.4 Å². The van der Waals surface area contributed by atoms with Crippen LogP contribution in [0.3, 0.4) is 0 Å². The van der Waals surface area contributed by atoms with E-state index in [0.717, 1.165) is 42.0 Å². The summed E-state index contributed by atoms with van der Waals surface area (Å²) >= 11 is 0. The van der Waals surface area contributed by atoms with E-state index in [1.54, 1.807) is 0 Å². The lowest BCUT2D eigenvalue weighted by molar-refractivity contribution is 0.190. The van der Waals surface area contributed by atoms with Crippen molar-refractivity contribution >= 4 is 11.1 Å². The second kappa shape index (κ2) is 6.20. The van der Waals surface area contributed by atoms with Crippen molar-refractivity contribution in [3.05, 3.63) is 23.3 Å². The SMILES string of the molecule is Cc1noc2nc(C(C)C)cc(-c3nc(C4CNCCN4C)no3)c12. The van der Waals surface area contributed by atoms with E-state index < -0.39 is 0 Å². The number of aromatic nitrogens is 4. The standard InChI is InChI=1S/C17H22N6O2/c1-9(2)12-7-11(14-10(3)21-25-17(14)19-12)16-20-15(22-24-16)13-8-18-5-6-23(13)4/h7,9,13,18H,5-6,8H2,1-4H3. The number of nitrogens with zero attached hydrogens (tertiary/aromatic N) is 5. The van der Waals surface area contributed by atoms with Crippen molar-refractivity contribution in [2.75, 3.05) is 26.7 Å². The van der Waals surface area contributed by atoms with Crippen molar-refractivity contribution in [3.8, 4) is 11.5 Å². The first-order valence-electron chi connectivity index (χ1n) is 8.56. The van der Waals surface area contributed by atoms with Crippen LogP contribution in [0.2, 0.25) is 0 Å². The first-order chi connectivity index (χ1) is 12.0. The Bertz CT molecular complexity index is 900. The van der Waals surface area contributed by atoms with Gasteiger partial charge in [0.25, 0.3) is 11.6 Å². The Balaban J connectivity index is 1.80. The number of piperazine rings is 1. The Kier molecular flexibility index (Phi) is 4.01. The zero-order chi connectivity index (χ0) is 17.6. The first-order valence-corrected chi connectivity index (χ1v) is 8.56. The average Bonchev–Trinajstić information content (AvgIpc) is 3.22. The topological polar surface area (TPSA) is 93.1 Å². The molecule has 1 N–H and O–H groups in total. The molecular weight excluding hydrogens is 320 g/mol. The van der Waals surface area contributed by atoms with Crippen molar-refractivity contribution in [2.45, 2.75) is 32.7 Å². The minimum absolute atomic E-state index is 0.108. The molecule has 4 rings (SSSR count). The number of pyridine rings is 1. The number of hydrogen-bond acceptors (Lipinski definition) is 8. The summed E-state index contributed by atoms with van der Waals surface area (Å²) < 4.78 is 11.0. The van der Waals surface area contributed by atoms with Crippen LogP contribution in [0.5, 0.6) is 0 Å². The molecule has 0 aliphatic carbocycles. The summed E-state index contributed by atoms with van der Waals surface area (Å²) in [6.07, 6.45) is 0. The third kappa shape index (κ3) is 2.81. The zero-order valence-corrected chi connectivity index (χ0v) is 14.9. The van der Waals surface area contributed by atoms with Crippen molar-refractivity contribution < 1.29 is 9.05 Å². The molecular formula is C17H22N6O2. The summed E-state index contributed by atoms with van der Waals surface area (Å²) in [5.74, 6) is 1.43. The molecule has 1 aliphatic rings. The van der Waals surface area contributed by atoms with E-state index in [9.17, 15) is 0 Å². The summed E-state index contributed by atoms with van der Waals surface area (Å²) in [7, 11) is 2.08. The molecule has 0 aromatic carbocycles. The molecule has 1 atom stereocenters. The molecule has 0 spiro atoms. The smallest absolute Gasteiger partial charge is 0.259 e. The van der Waals surface area contributed by atoms with Crippen molar-refractivity contribution in [1.82, 2.24) is 30.5 Å². The van der Waals surface area contributed by atoms with Gasteiger partial charge in [0.2, 0.25) is 0 Å². The van der Waals surface area contributed by atoms with E-state index >= 15 is 0 Å². The Labute approximate surface area is 145 Å². The fourth-order valence-corrected chi connectivity index (χ4v) is 3.15. The van der Waals surface area contributed by atoms with E-state index in [-0.39, 0.29) is 12.0 Å². The van der Waals surface area contributed by atoms with Gasteiger partial charge in [0.15, 0.2) is 5.82 Å². The van der Waals surface area contributed by atoms with E-state index in [1.807, 2.05) is 13.0 Å². The number of nitrogens with one attached hydrogen (secondary N) is 1. The van der Waals surface area contributed by atoms with Gasteiger partial charge in [-0.1, -0.05) is 24.2 Å². The summed E-state index contributed by atoms with van der Waals surface area (Å²) in [4.78, 5) is 11.5. The highest BCUT2D eigenvalue weighted by Gasteiger charge is 2.27. The summed E-state index contributed by atoms with van der Waals surface area (Å²) in [5, 5.41) is 12.5. The third-order valence-electron chi connectivity index (χ3n) is 4.71. The van der Waals surface area contributed by atoms with Crippen molar-refractivity contribution in [1.29, 1.82) is 0 Å². The molecule has 0 radical (unpaired) electrons. The molecule has 1 unspecified atom stereocenters. The quantitative estimate of drug-likeness (QED) is 0.775. The zero-order valence-electron chi connectivity index (χ0n) is 14.9. The average molecular weight is 342 g/mol. The fraction of sp³-hybridized carbons (Fsp3) is 0.529. The number of aryl methyl sites for hydroxylation is 1. The highest BCUT2D eigenvalue weighted by Crippen LogP contribution is 2.32. The Morgan fingerprint density at radius 2 is 2.08 bits per heavy atom. The van der Waals surface area contributed by atoms with Gasteiger partial charge < -0.3 is 14.4 Å². The summed E-state index contributed by atoms with van der Waals surface area (Å²) in [6.45, 7) is 8.80. The van der Waals surface area contributed by atoms with Crippen LogP contribution in [-0.4, -0.2) is 51.9 Å². The van der Waals surface area contributed by atoms with Gasteiger partial charge >= 0.3 is 0 Å². The van der Waals surface area contributed by atoms with Crippen LogP contribution >= 0.6 is 0 Å². The maximum Gasteiger partial charge on any atom is 0.259 e. The maximum absolute atomic E-state index is 5.61. The monoisotopic (exact) mass is 342 g/mol. The van der Waals surface area contributed by atoms with Gasteiger partial charge in [0, 0.05) is 25.3 Å². The summed E-state index contributed by atoms with van der Waals surface area (Å²) in [5.41, 5.74) is 3.02. The van der Waals surface area contributed by atoms with Gasteiger partial charge in [0.1, 0.15) is 0 Å². The van der Waals surface area contributed by atoms with Crippen LogP contribution in [-0.2, 0) is 0 Å². The molecule has 3 aromatic rings. The maximum atomic E-state index is 5.61. The van der Waals surface area contributed by atoms with Crippen LogP contribution < -0.4 is 5.32 Å². The molecule has 8 nitrogen and oxygen atoms in total. The molecule has 0 bridgehead atoms. The highest BCUT2D eigenvalue weighted by atomic mass is 16.5. The lowest BCUT2D eigenvalue weighted by atomic mass is 10.0. The molecule has 0 amide bonds. The van der Waals surface area contributed by atoms with E-state index in [4.69, 9.17) is 9.05 Å². The number of likely N-dealkylation sites (N-methyl/N-ethyl adjacent to an activating group) is 1. The highest BCUT2D eigenvalue weighted by molar-refractivity contribution is 5.91. The molecule has 1 saturated heterocycles. The second-order valence-corrected chi connectivity index (χ2v) is 6.86. The number of hydrogen-bond donors (Lipinski definition) is 1.